The smallest absolute Gasteiger partial charge is 0.0108 e. The molecule has 22 heavy (non-hydrogen) atoms. The van der Waals surface area contributed by atoms with Crippen LogP contribution in [-0.4, -0.2) is 13.1 Å². The molecule has 1 unspecified atom stereocenters. The maximum absolute atomic E-state index is 3.43. The number of nitrogens with one attached hydrogen (secondary N) is 1. The van der Waals surface area contributed by atoms with E-state index in [4.69, 9.17) is 0 Å². The fourth-order valence-corrected chi connectivity index (χ4v) is 3.77. The van der Waals surface area contributed by atoms with Crippen molar-refractivity contribution in [2.24, 2.45) is 0 Å². The summed E-state index contributed by atoms with van der Waals surface area (Å²) in [5.41, 5.74) is 5.85. The molecule has 3 aromatic rings. The highest BCUT2D eigenvalue weighted by atomic mass is 14.9. The minimum atomic E-state index is 0.621. The van der Waals surface area contributed by atoms with E-state index < -0.39 is 0 Å². The lowest BCUT2D eigenvalue weighted by Gasteiger charge is -2.26. The van der Waals surface area contributed by atoms with Gasteiger partial charge in [0.2, 0.25) is 0 Å². The van der Waals surface area contributed by atoms with Gasteiger partial charge in [0.1, 0.15) is 0 Å². The zero-order valence-electron chi connectivity index (χ0n) is 13.0. The maximum atomic E-state index is 3.43. The van der Waals surface area contributed by atoms with Gasteiger partial charge in [-0.3, -0.25) is 0 Å². The molecule has 0 bridgehead atoms. The third-order valence-corrected chi connectivity index (χ3v) is 4.97. The van der Waals surface area contributed by atoms with Gasteiger partial charge in [0, 0.05) is 6.04 Å². The average molecular weight is 287 g/mol. The van der Waals surface area contributed by atoms with Gasteiger partial charge in [0.05, 0.1) is 0 Å². The molecule has 0 aromatic heterocycles. The number of hydrogen-bond acceptors (Lipinski definition) is 1. The lowest BCUT2D eigenvalue weighted by molar-refractivity contribution is 0.497. The Labute approximate surface area is 132 Å². The Morgan fingerprint density at radius 3 is 2.55 bits per heavy atom. The quantitative estimate of drug-likeness (QED) is 0.727. The Morgan fingerprint density at radius 1 is 0.864 bits per heavy atom. The van der Waals surface area contributed by atoms with Crippen LogP contribution in [-0.2, 0) is 12.8 Å². The van der Waals surface area contributed by atoms with Gasteiger partial charge in [0.15, 0.2) is 0 Å². The molecule has 0 aliphatic heterocycles. The van der Waals surface area contributed by atoms with E-state index in [1.54, 1.807) is 5.56 Å². The van der Waals surface area contributed by atoms with Gasteiger partial charge in [-0.05, 0) is 59.3 Å². The lowest BCUT2D eigenvalue weighted by atomic mass is 9.83. The molecule has 0 radical (unpaired) electrons. The molecule has 0 saturated heterocycles. The van der Waals surface area contributed by atoms with Crippen molar-refractivity contribution in [1.29, 1.82) is 0 Å². The van der Waals surface area contributed by atoms with Gasteiger partial charge in [-0.1, -0.05) is 60.7 Å². The fraction of sp³-hybridized carbons (Fsp3) is 0.238. The molecule has 1 aliphatic carbocycles. The van der Waals surface area contributed by atoms with Crippen LogP contribution in [0.2, 0.25) is 0 Å². The van der Waals surface area contributed by atoms with Crippen LogP contribution in [0.5, 0.6) is 0 Å². The number of benzene rings is 3. The first-order valence-electron chi connectivity index (χ1n) is 8.13. The van der Waals surface area contributed by atoms with Crippen molar-refractivity contribution in [1.82, 2.24) is 5.32 Å². The standard InChI is InChI=1S/C21H21N/c1-22-17-12-13-19-16(14-17)8-5-11-21(19)20-10-4-7-15-6-2-3-9-18(15)20/h2-11,17,22H,12-14H2,1H3. The molecule has 1 nitrogen and oxygen atoms in total. The Hall–Kier alpha value is -2.12. The predicted molar refractivity (Wildman–Crippen MR) is 94.3 cm³/mol. The van der Waals surface area contributed by atoms with Crippen molar-refractivity contribution < 1.29 is 0 Å². The summed E-state index contributed by atoms with van der Waals surface area (Å²) in [6, 6.07) is 22.8. The Balaban J connectivity index is 1.90. The summed E-state index contributed by atoms with van der Waals surface area (Å²) >= 11 is 0. The number of rotatable bonds is 2. The van der Waals surface area contributed by atoms with Crippen molar-refractivity contribution in [3.8, 4) is 11.1 Å². The number of fused-ring (bicyclic) bond motifs is 2. The number of likely N-dealkylation sites (N-methyl/N-ethyl adjacent to an activating group) is 1. The van der Waals surface area contributed by atoms with Crippen molar-refractivity contribution in [3.05, 3.63) is 71.8 Å². The van der Waals surface area contributed by atoms with E-state index in [9.17, 15) is 0 Å². The summed E-state index contributed by atoms with van der Waals surface area (Å²) in [7, 11) is 2.07. The van der Waals surface area contributed by atoms with E-state index in [0.29, 0.717) is 6.04 Å². The molecule has 0 heterocycles. The van der Waals surface area contributed by atoms with E-state index in [-0.39, 0.29) is 0 Å². The zero-order chi connectivity index (χ0) is 14.9. The molecule has 1 atom stereocenters. The summed E-state index contributed by atoms with van der Waals surface area (Å²) in [6.07, 6.45) is 3.54. The van der Waals surface area contributed by atoms with Crippen molar-refractivity contribution >= 4 is 10.8 Å². The minimum absolute atomic E-state index is 0.621. The van der Waals surface area contributed by atoms with Crippen LogP contribution in [0.3, 0.4) is 0 Å². The van der Waals surface area contributed by atoms with Crippen LogP contribution in [0.4, 0.5) is 0 Å². The predicted octanol–water partition coefficient (Wildman–Crippen LogP) is 4.58. The van der Waals surface area contributed by atoms with E-state index in [0.717, 1.165) is 6.42 Å². The molecule has 1 aliphatic rings. The van der Waals surface area contributed by atoms with Crippen LogP contribution in [0.15, 0.2) is 60.7 Å². The fourth-order valence-electron chi connectivity index (χ4n) is 3.77. The molecular weight excluding hydrogens is 266 g/mol. The van der Waals surface area contributed by atoms with Crippen molar-refractivity contribution in [2.75, 3.05) is 7.05 Å². The first-order chi connectivity index (χ1) is 10.9. The van der Waals surface area contributed by atoms with Crippen molar-refractivity contribution in [3.63, 3.8) is 0 Å². The van der Waals surface area contributed by atoms with Crippen LogP contribution >= 0.6 is 0 Å². The Kier molecular flexibility index (Phi) is 3.44. The summed E-state index contributed by atoms with van der Waals surface area (Å²) in [4.78, 5) is 0. The Bertz CT molecular complexity index is 814. The minimum Gasteiger partial charge on any atom is -0.317 e. The van der Waals surface area contributed by atoms with Crippen LogP contribution < -0.4 is 5.32 Å². The number of hydrogen-bond donors (Lipinski definition) is 1. The third-order valence-electron chi connectivity index (χ3n) is 4.97. The highest BCUT2D eigenvalue weighted by Gasteiger charge is 2.20. The zero-order valence-corrected chi connectivity index (χ0v) is 13.0. The molecule has 0 saturated carbocycles. The summed E-state index contributed by atoms with van der Waals surface area (Å²) < 4.78 is 0. The van der Waals surface area contributed by atoms with E-state index in [1.807, 2.05) is 0 Å². The first kappa shape index (κ1) is 13.5. The van der Waals surface area contributed by atoms with Crippen LogP contribution in [0.25, 0.3) is 21.9 Å². The highest BCUT2D eigenvalue weighted by Crippen LogP contribution is 2.35. The SMILES string of the molecule is CNC1CCc2c(cccc2-c2cccc3ccccc23)C1. The lowest BCUT2D eigenvalue weighted by Crippen LogP contribution is -2.31. The molecule has 3 aromatic carbocycles. The average Bonchev–Trinajstić information content (AvgIpc) is 2.60. The molecule has 0 amide bonds. The molecular formula is C21H21N. The Morgan fingerprint density at radius 2 is 1.64 bits per heavy atom. The van der Waals surface area contributed by atoms with Gasteiger partial charge in [0.25, 0.3) is 0 Å². The monoisotopic (exact) mass is 287 g/mol. The van der Waals surface area contributed by atoms with Crippen LogP contribution in [0.1, 0.15) is 17.5 Å². The topological polar surface area (TPSA) is 12.0 Å². The molecule has 0 fully saturated rings. The molecule has 4 rings (SSSR count). The van der Waals surface area contributed by atoms with Gasteiger partial charge in [-0.15, -0.1) is 0 Å². The molecule has 0 spiro atoms. The first-order valence-corrected chi connectivity index (χ1v) is 8.13. The van der Waals surface area contributed by atoms with Crippen LogP contribution in [0, 0.1) is 0 Å². The molecule has 1 heteroatoms. The van der Waals surface area contributed by atoms with Gasteiger partial charge in [-0.2, -0.15) is 0 Å². The second-order valence-corrected chi connectivity index (χ2v) is 6.20. The second kappa shape index (κ2) is 5.58. The van der Waals surface area contributed by atoms with Gasteiger partial charge >= 0.3 is 0 Å². The largest absolute Gasteiger partial charge is 0.317 e. The van der Waals surface area contributed by atoms with Gasteiger partial charge < -0.3 is 5.32 Å². The maximum Gasteiger partial charge on any atom is 0.0108 e. The van der Waals surface area contributed by atoms with Crippen molar-refractivity contribution in [2.45, 2.75) is 25.3 Å². The summed E-state index contributed by atoms with van der Waals surface area (Å²) in [5.74, 6) is 0. The van der Waals surface area contributed by atoms with E-state index in [1.165, 1.54) is 40.3 Å². The van der Waals surface area contributed by atoms with E-state index in [2.05, 4.69) is 73.0 Å². The summed E-state index contributed by atoms with van der Waals surface area (Å²) in [6.45, 7) is 0. The summed E-state index contributed by atoms with van der Waals surface area (Å²) in [5, 5.41) is 6.11. The second-order valence-electron chi connectivity index (χ2n) is 6.20. The third kappa shape index (κ3) is 2.22. The molecule has 1 N–H and O–H groups in total. The van der Waals surface area contributed by atoms with E-state index >= 15 is 0 Å². The highest BCUT2D eigenvalue weighted by molar-refractivity contribution is 5.97. The normalized spacial score (nSPS) is 17.4. The van der Waals surface area contributed by atoms with Gasteiger partial charge in [-0.25, -0.2) is 0 Å². The molecule has 110 valence electrons.